The predicted molar refractivity (Wildman–Crippen MR) is 116 cm³/mol. The third-order valence-electron chi connectivity index (χ3n) is 5.06. The van der Waals surface area contributed by atoms with Gasteiger partial charge in [-0.25, -0.2) is 0 Å². The summed E-state index contributed by atoms with van der Waals surface area (Å²) in [4.78, 5) is 19.1. The van der Waals surface area contributed by atoms with Gasteiger partial charge >= 0.3 is 0 Å². The third kappa shape index (κ3) is 5.26. The van der Waals surface area contributed by atoms with Crippen LogP contribution in [0.2, 0.25) is 5.02 Å². The number of carbonyl (C=O) groups is 1. The van der Waals surface area contributed by atoms with Crippen molar-refractivity contribution in [2.45, 2.75) is 18.9 Å². The summed E-state index contributed by atoms with van der Waals surface area (Å²) in [7, 11) is 0. The Morgan fingerprint density at radius 2 is 2.10 bits per heavy atom. The lowest BCUT2D eigenvalue weighted by molar-refractivity contribution is -0.121. The van der Waals surface area contributed by atoms with E-state index in [-0.39, 0.29) is 18.4 Å². The molecule has 30 heavy (non-hydrogen) atoms. The molecule has 1 fully saturated rings. The van der Waals surface area contributed by atoms with Crippen molar-refractivity contribution in [3.8, 4) is 11.4 Å². The Bertz CT molecular complexity index is 957. The van der Waals surface area contributed by atoms with E-state index < -0.39 is 0 Å². The standard InChI is InChI=1S/C21H23ClN4O3S/c22-17-4-2-1-3-16(17)18(26-8-10-28-11-9-26)13-23-19(27)5-6-20-24-21(25-29-20)15-7-12-30-14-15/h1-4,7,12,14,18H,5-6,8-11,13H2,(H,23,27). The van der Waals surface area contributed by atoms with E-state index >= 15 is 0 Å². The zero-order valence-electron chi connectivity index (χ0n) is 16.4. The molecule has 3 heterocycles. The Labute approximate surface area is 184 Å². The van der Waals surface area contributed by atoms with Gasteiger partial charge in [-0.15, -0.1) is 0 Å². The quantitative estimate of drug-likeness (QED) is 0.569. The van der Waals surface area contributed by atoms with Crippen molar-refractivity contribution in [1.82, 2.24) is 20.4 Å². The molecule has 0 aliphatic carbocycles. The van der Waals surface area contributed by atoms with Gasteiger partial charge in [-0.1, -0.05) is 35.0 Å². The van der Waals surface area contributed by atoms with Gasteiger partial charge in [0.05, 0.1) is 19.3 Å². The van der Waals surface area contributed by atoms with Gasteiger partial charge in [0.2, 0.25) is 17.6 Å². The van der Waals surface area contributed by atoms with E-state index in [1.165, 1.54) is 0 Å². The smallest absolute Gasteiger partial charge is 0.227 e. The summed E-state index contributed by atoms with van der Waals surface area (Å²) in [5, 5.41) is 11.6. The van der Waals surface area contributed by atoms with Crippen LogP contribution in [0.4, 0.5) is 0 Å². The first-order chi connectivity index (χ1) is 14.7. The summed E-state index contributed by atoms with van der Waals surface area (Å²) in [5.41, 5.74) is 1.94. The van der Waals surface area contributed by atoms with Crippen LogP contribution in [-0.2, 0) is 16.0 Å². The van der Waals surface area contributed by atoms with E-state index in [4.69, 9.17) is 20.9 Å². The molecule has 1 N–H and O–H groups in total. The SMILES string of the molecule is O=C(CCc1nc(-c2ccsc2)no1)NCC(c1ccccc1Cl)N1CCOCC1. The molecule has 1 saturated heterocycles. The molecular weight excluding hydrogens is 424 g/mol. The predicted octanol–water partition coefficient (Wildman–Crippen LogP) is 3.57. The van der Waals surface area contributed by atoms with Crippen LogP contribution in [0.3, 0.4) is 0 Å². The van der Waals surface area contributed by atoms with E-state index in [0.29, 0.717) is 42.9 Å². The fourth-order valence-corrected chi connectivity index (χ4v) is 4.35. The molecule has 1 aliphatic heterocycles. The van der Waals surface area contributed by atoms with Crippen LogP contribution in [0.25, 0.3) is 11.4 Å². The maximum absolute atomic E-state index is 12.5. The van der Waals surface area contributed by atoms with Crippen molar-refractivity contribution in [1.29, 1.82) is 0 Å². The number of thiophene rings is 1. The summed E-state index contributed by atoms with van der Waals surface area (Å²) in [6, 6.07) is 9.71. The van der Waals surface area contributed by atoms with Gasteiger partial charge in [0.25, 0.3) is 0 Å². The van der Waals surface area contributed by atoms with Crippen LogP contribution in [0.15, 0.2) is 45.6 Å². The lowest BCUT2D eigenvalue weighted by Gasteiger charge is -2.35. The number of nitrogens with one attached hydrogen (secondary N) is 1. The minimum absolute atomic E-state index is 0.000137. The second-order valence-electron chi connectivity index (χ2n) is 7.01. The minimum Gasteiger partial charge on any atom is -0.379 e. The topological polar surface area (TPSA) is 80.5 Å². The van der Waals surface area contributed by atoms with Crippen molar-refractivity contribution in [2.75, 3.05) is 32.8 Å². The first-order valence-corrected chi connectivity index (χ1v) is 11.2. The van der Waals surface area contributed by atoms with Crippen LogP contribution in [0.1, 0.15) is 23.9 Å². The Morgan fingerprint density at radius 1 is 1.27 bits per heavy atom. The van der Waals surface area contributed by atoms with E-state index in [2.05, 4.69) is 20.4 Å². The van der Waals surface area contributed by atoms with Crippen LogP contribution in [0.5, 0.6) is 0 Å². The molecule has 0 radical (unpaired) electrons. The Morgan fingerprint density at radius 3 is 2.87 bits per heavy atom. The van der Waals surface area contributed by atoms with Gasteiger partial charge in [-0.2, -0.15) is 16.3 Å². The van der Waals surface area contributed by atoms with Crippen LogP contribution < -0.4 is 5.32 Å². The molecule has 9 heteroatoms. The molecule has 2 aromatic heterocycles. The van der Waals surface area contributed by atoms with Gasteiger partial charge in [0.1, 0.15) is 0 Å². The van der Waals surface area contributed by atoms with Crippen molar-refractivity contribution >= 4 is 28.8 Å². The third-order valence-corrected chi connectivity index (χ3v) is 6.08. The molecule has 1 atom stereocenters. The molecule has 4 rings (SSSR count). The minimum atomic E-state index is -0.0596. The largest absolute Gasteiger partial charge is 0.379 e. The molecule has 1 aliphatic rings. The summed E-state index contributed by atoms with van der Waals surface area (Å²) >= 11 is 8.02. The fourth-order valence-electron chi connectivity index (χ4n) is 3.45. The number of aromatic nitrogens is 2. The van der Waals surface area contributed by atoms with E-state index in [1.54, 1.807) is 11.3 Å². The number of nitrogens with zero attached hydrogens (tertiary/aromatic N) is 3. The average Bonchev–Trinajstić information content (AvgIpc) is 3.46. The zero-order chi connectivity index (χ0) is 20.8. The number of morpholine rings is 1. The first kappa shape index (κ1) is 21.0. The molecule has 158 valence electrons. The molecule has 7 nitrogen and oxygen atoms in total. The summed E-state index contributed by atoms with van der Waals surface area (Å²) in [6.07, 6.45) is 0.681. The molecule has 3 aromatic rings. The number of ether oxygens (including phenoxy) is 1. The second kappa shape index (κ2) is 10.2. The molecule has 0 spiro atoms. The van der Waals surface area contributed by atoms with E-state index in [1.807, 2.05) is 41.1 Å². The van der Waals surface area contributed by atoms with Gasteiger partial charge in [-0.3, -0.25) is 9.69 Å². The lowest BCUT2D eigenvalue weighted by atomic mass is 10.0. The van der Waals surface area contributed by atoms with E-state index in [0.717, 1.165) is 24.2 Å². The van der Waals surface area contributed by atoms with Crippen molar-refractivity contribution in [2.24, 2.45) is 0 Å². The number of halogens is 1. The van der Waals surface area contributed by atoms with E-state index in [9.17, 15) is 4.79 Å². The fraction of sp³-hybridized carbons (Fsp3) is 0.381. The molecular formula is C21H23ClN4O3S. The number of hydrogen-bond donors (Lipinski definition) is 1. The lowest BCUT2D eigenvalue weighted by Crippen LogP contribution is -2.44. The van der Waals surface area contributed by atoms with Crippen molar-refractivity contribution in [3.05, 3.63) is 57.6 Å². The number of aryl methyl sites for hydroxylation is 1. The second-order valence-corrected chi connectivity index (χ2v) is 8.20. The molecule has 0 bridgehead atoms. The summed E-state index contributed by atoms with van der Waals surface area (Å²) in [6.45, 7) is 3.45. The van der Waals surface area contributed by atoms with Gasteiger partial charge in [0, 0.05) is 48.4 Å². The van der Waals surface area contributed by atoms with Crippen molar-refractivity contribution < 1.29 is 14.1 Å². The van der Waals surface area contributed by atoms with Crippen LogP contribution in [0, 0.1) is 0 Å². The number of amides is 1. The normalized spacial score (nSPS) is 15.8. The van der Waals surface area contributed by atoms with Crippen molar-refractivity contribution in [3.63, 3.8) is 0 Å². The first-order valence-electron chi connectivity index (χ1n) is 9.89. The highest BCUT2D eigenvalue weighted by Gasteiger charge is 2.25. The number of benzene rings is 1. The number of rotatable bonds is 8. The van der Waals surface area contributed by atoms with Crippen LogP contribution in [-0.4, -0.2) is 53.8 Å². The number of carbonyl (C=O) groups excluding carboxylic acids is 1. The highest BCUT2D eigenvalue weighted by atomic mass is 35.5. The monoisotopic (exact) mass is 446 g/mol. The summed E-state index contributed by atoms with van der Waals surface area (Å²) < 4.78 is 10.7. The number of hydrogen-bond acceptors (Lipinski definition) is 7. The molecule has 1 unspecified atom stereocenters. The van der Waals surface area contributed by atoms with Crippen LogP contribution >= 0.6 is 22.9 Å². The highest BCUT2D eigenvalue weighted by molar-refractivity contribution is 7.08. The molecule has 0 saturated carbocycles. The molecule has 1 aromatic carbocycles. The average molecular weight is 447 g/mol. The van der Waals surface area contributed by atoms with Gasteiger partial charge in [-0.05, 0) is 23.1 Å². The summed E-state index contributed by atoms with van der Waals surface area (Å²) in [5.74, 6) is 0.954. The maximum Gasteiger partial charge on any atom is 0.227 e. The van der Waals surface area contributed by atoms with Gasteiger partial charge in [0.15, 0.2) is 0 Å². The highest BCUT2D eigenvalue weighted by Crippen LogP contribution is 2.28. The van der Waals surface area contributed by atoms with Gasteiger partial charge < -0.3 is 14.6 Å². The zero-order valence-corrected chi connectivity index (χ0v) is 18.0. The Balaban J connectivity index is 1.34. The Hall–Kier alpha value is -2.26. The maximum atomic E-state index is 12.5. The molecule has 1 amide bonds. The Kier molecular flexibility index (Phi) is 7.11.